The number of piperidine rings is 2. The summed E-state index contributed by atoms with van der Waals surface area (Å²) in [7, 11) is 0. The molecule has 0 radical (unpaired) electrons. The molecule has 1 aromatic carbocycles. The first kappa shape index (κ1) is 18.5. The van der Waals surface area contributed by atoms with Gasteiger partial charge in [0.05, 0.1) is 12.0 Å². The zero-order chi connectivity index (χ0) is 18.9. The minimum Gasteiger partial charge on any atom is -0.395 e. The lowest BCUT2D eigenvalue weighted by atomic mass is 9.73. The highest BCUT2D eigenvalue weighted by Gasteiger charge is 2.53. The van der Waals surface area contributed by atoms with Gasteiger partial charge >= 0.3 is 0 Å². The topological polar surface area (TPSA) is 60.9 Å². The summed E-state index contributed by atoms with van der Waals surface area (Å²) >= 11 is 0. The summed E-state index contributed by atoms with van der Waals surface area (Å²) in [4.78, 5) is 29.4. The molecule has 3 fully saturated rings. The summed E-state index contributed by atoms with van der Waals surface area (Å²) in [5.41, 5.74) is 0.795. The van der Waals surface area contributed by atoms with Gasteiger partial charge in [0.2, 0.25) is 11.8 Å². The van der Waals surface area contributed by atoms with Gasteiger partial charge in [0.1, 0.15) is 0 Å². The van der Waals surface area contributed by atoms with E-state index in [1.807, 2.05) is 28.0 Å². The van der Waals surface area contributed by atoms with Crippen LogP contribution in [0.15, 0.2) is 30.3 Å². The number of rotatable bonds is 5. The molecule has 2 aliphatic heterocycles. The fraction of sp³-hybridized carbons (Fsp3) is 0.636. The molecule has 4 rings (SSSR count). The van der Waals surface area contributed by atoms with Crippen LogP contribution in [0.2, 0.25) is 0 Å². The Morgan fingerprint density at radius 3 is 2.56 bits per heavy atom. The van der Waals surface area contributed by atoms with Gasteiger partial charge in [-0.2, -0.15) is 0 Å². The average molecular weight is 370 g/mol. The Bertz CT molecular complexity index is 701. The number of carbonyl (C=O) groups excluding carboxylic acids is 2. The number of carbonyl (C=O) groups is 2. The molecule has 0 unspecified atom stereocenters. The average Bonchev–Trinajstić information content (AvgIpc) is 3.51. The van der Waals surface area contributed by atoms with Crippen molar-refractivity contribution in [3.63, 3.8) is 0 Å². The zero-order valence-corrected chi connectivity index (χ0v) is 16.0. The molecule has 2 heterocycles. The van der Waals surface area contributed by atoms with E-state index < -0.39 is 5.41 Å². The predicted octanol–water partition coefficient (Wildman–Crippen LogP) is 2.23. The van der Waals surface area contributed by atoms with Crippen molar-refractivity contribution in [3.8, 4) is 0 Å². The van der Waals surface area contributed by atoms with E-state index in [9.17, 15) is 14.7 Å². The van der Waals surface area contributed by atoms with Gasteiger partial charge in [-0.3, -0.25) is 9.59 Å². The Morgan fingerprint density at radius 1 is 1.07 bits per heavy atom. The van der Waals surface area contributed by atoms with Crippen molar-refractivity contribution in [3.05, 3.63) is 35.9 Å². The Labute approximate surface area is 161 Å². The molecule has 1 saturated carbocycles. The number of nitrogens with zero attached hydrogens (tertiary/aromatic N) is 2. The second-order valence-corrected chi connectivity index (χ2v) is 8.82. The summed E-state index contributed by atoms with van der Waals surface area (Å²) in [6.07, 6.45) is 6.04. The molecule has 5 nitrogen and oxygen atoms in total. The quantitative estimate of drug-likeness (QED) is 0.865. The fourth-order valence-corrected chi connectivity index (χ4v) is 4.86. The highest BCUT2D eigenvalue weighted by molar-refractivity contribution is 5.85. The molecule has 0 bridgehead atoms. The maximum Gasteiger partial charge on any atom is 0.231 e. The standard InChI is InChI=1S/C22H30N2O3/c25-17-22(11-12-22)20(27)24-13-4-9-21(16-24)10-7-19(26)23(15-21)14-8-18-5-2-1-3-6-18/h1-3,5-6,25H,4,7-17H2/t21-/m0/s1. The first-order chi connectivity index (χ1) is 13.1. The van der Waals surface area contributed by atoms with Crippen LogP contribution in [0.1, 0.15) is 44.1 Å². The molecular formula is C22H30N2O3. The lowest BCUT2D eigenvalue weighted by Crippen LogP contribution is -2.56. The van der Waals surface area contributed by atoms with Crippen molar-refractivity contribution in [2.75, 3.05) is 32.8 Å². The maximum absolute atomic E-state index is 12.9. The van der Waals surface area contributed by atoms with Crippen LogP contribution in [-0.4, -0.2) is 59.5 Å². The van der Waals surface area contributed by atoms with Crippen LogP contribution in [0.3, 0.4) is 0 Å². The van der Waals surface area contributed by atoms with E-state index in [-0.39, 0.29) is 23.8 Å². The SMILES string of the molecule is O=C1CC[C@@]2(CCCN(C(=O)C3(CO)CC3)C2)CN1CCc1ccccc1. The largest absolute Gasteiger partial charge is 0.395 e. The van der Waals surface area contributed by atoms with Crippen LogP contribution in [0, 0.1) is 10.8 Å². The van der Waals surface area contributed by atoms with Crippen LogP contribution < -0.4 is 0 Å². The highest BCUT2D eigenvalue weighted by Crippen LogP contribution is 2.48. The van der Waals surface area contributed by atoms with Crippen molar-refractivity contribution in [1.82, 2.24) is 9.80 Å². The van der Waals surface area contributed by atoms with Crippen molar-refractivity contribution < 1.29 is 14.7 Å². The Balaban J connectivity index is 1.41. The molecular weight excluding hydrogens is 340 g/mol. The van der Waals surface area contributed by atoms with Gasteiger partial charge in [-0.05, 0) is 44.1 Å². The van der Waals surface area contributed by atoms with Gasteiger partial charge in [-0.1, -0.05) is 30.3 Å². The Morgan fingerprint density at radius 2 is 1.85 bits per heavy atom. The molecule has 5 heteroatoms. The van der Waals surface area contributed by atoms with Crippen LogP contribution in [0.4, 0.5) is 0 Å². The molecule has 3 aliphatic rings. The number of likely N-dealkylation sites (tertiary alicyclic amines) is 2. The first-order valence-corrected chi connectivity index (χ1v) is 10.3. The normalized spacial score (nSPS) is 27.1. The summed E-state index contributed by atoms with van der Waals surface area (Å²) in [6.45, 7) is 3.01. The Kier molecular flexibility index (Phi) is 4.97. The van der Waals surface area contributed by atoms with E-state index in [4.69, 9.17) is 0 Å². The number of hydrogen-bond donors (Lipinski definition) is 1. The van der Waals surface area contributed by atoms with Gasteiger partial charge in [0.15, 0.2) is 0 Å². The molecule has 1 atom stereocenters. The van der Waals surface area contributed by atoms with E-state index in [2.05, 4.69) is 12.1 Å². The number of benzene rings is 1. The highest BCUT2D eigenvalue weighted by atomic mass is 16.3. The van der Waals surface area contributed by atoms with E-state index in [1.54, 1.807) is 0 Å². The molecule has 2 amide bonds. The summed E-state index contributed by atoms with van der Waals surface area (Å²) in [5, 5.41) is 9.61. The number of aliphatic hydroxyl groups excluding tert-OH is 1. The van der Waals surface area contributed by atoms with Gasteiger partial charge in [-0.25, -0.2) is 0 Å². The molecule has 146 valence electrons. The van der Waals surface area contributed by atoms with Crippen molar-refractivity contribution in [2.24, 2.45) is 10.8 Å². The third-order valence-electron chi connectivity index (χ3n) is 6.82. The van der Waals surface area contributed by atoms with E-state index in [0.29, 0.717) is 6.42 Å². The lowest BCUT2D eigenvalue weighted by Gasteiger charge is -2.48. The van der Waals surface area contributed by atoms with Crippen LogP contribution in [0.5, 0.6) is 0 Å². The molecule has 27 heavy (non-hydrogen) atoms. The van der Waals surface area contributed by atoms with Crippen LogP contribution in [-0.2, 0) is 16.0 Å². The van der Waals surface area contributed by atoms with Gasteiger partial charge in [-0.15, -0.1) is 0 Å². The monoisotopic (exact) mass is 370 g/mol. The van der Waals surface area contributed by atoms with Crippen LogP contribution >= 0.6 is 0 Å². The fourth-order valence-electron chi connectivity index (χ4n) is 4.86. The Hall–Kier alpha value is -1.88. The summed E-state index contributed by atoms with van der Waals surface area (Å²) < 4.78 is 0. The van der Waals surface area contributed by atoms with Gasteiger partial charge < -0.3 is 14.9 Å². The molecule has 1 aromatic rings. The molecule has 1 aliphatic carbocycles. The van der Waals surface area contributed by atoms with Gasteiger partial charge in [0.25, 0.3) is 0 Å². The van der Waals surface area contributed by atoms with Crippen molar-refractivity contribution in [1.29, 1.82) is 0 Å². The molecule has 2 saturated heterocycles. The van der Waals surface area contributed by atoms with Gasteiger partial charge in [0, 0.05) is 38.0 Å². The minimum atomic E-state index is -0.490. The predicted molar refractivity (Wildman–Crippen MR) is 103 cm³/mol. The number of aliphatic hydroxyl groups is 1. The molecule has 1 spiro atoms. The third-order valence-corrected chi connectivity index (χ3v) is 6.82. The minimum absolute atomic E-state index is 0.0307. The molecule has 1 N–H and O–H groups in total. The molecule has 0 aromatic heterocycles. The lowest BCUT2D eigenvalue weighted by molar-refractivity contribution is -0.146. The second-order valence-electron chi connectivity index (χ2n) is 8.82. The van der Waals surface area contributed by atoms with Crippen molar-refractivity contribution in [2.45, 2.75) is 44.9 Å². The zero-order valence-electron chi connectivity index (χ0n) is 16.0. The summed E-state index contributed by atoms with van der Waals surface area (Å²) in [5.74, 6) is 0.380. The van der Waals surface area contributed by atoms with E-state index >= 15 is 0 Å². The van der Waals surface area contributed by atoms with E-state index in [0.717, 1.165) is 64.7 Å². The summed E-state index contributed by atoms with van der Waals surface area (Å²) in [6, 6.07) is 10.3. The van der Waals surface area contributed by atoms with Crippen LogP contribution in [0.25, 0.3) is 0 Å². The van der Waals surface area contributed by atoms with E-state index in [1.165, 1.54) is 5.56 Å². The smallest absolute Gasteiger partial charge is 0.231 e. The van der Waals surface area contributed by atoms with Crippen molar-refractivity contribution >= 4 is 11.8 Å². The number of hydrogen-bond acceptors (Lipinski definition) is 3. The maximum atomic E-state index is 12.9. The number of amides is 2. The first-order valence-electron chi connectivity index (χ1n) is 10.3. The third kappa shape index (κ3) is 3.75. The second kappa shape index (κ2) is 7.27.